The van der Waals surface area contributed by atoms with Crippen LogP contribution in [0, 0.1) is 5.89 Å². The predicted molar refractivity (Wildman–Crippen MR) is 22.5 cm³/mol. The second kappa shape index (κ2) is 1.80. The van der Waals surface area contributed by atoms with Gasteiger partial charge in [-0.15, -0.1) is 0 Å². The Hall–Kier alpha value is -0.530. The summed E-state index contributed by atoms with van der Waals surface area (Å²) < 4.78 is 53.9. The summed E-state index contributed by atoms with van der Waals surface area (Å²) in [4.78, 5) is 10.8. The van der Waals surface area contributed by atoms with Crippen LogP contribution < -0.4 is 0 Å². The van der Waals surface area contributed by atoms with Crippen molar-refractivity contribution in [3.63, 3.8) is 0 Å². The first kappa shape index (κ1) is 0.703. The van der Waals surface area contributed by atoms with Crippen LogP contribution in [0.2, 0.25) is 0 Å². The molecule has 0 radical (unpaired) electrons. The van der Waals surface area contributed by atoms with E-state index in [0.29, 0.717) is 0 Å². The minimum Gasteiger partial charge on any atom is -0.481 e. The van der Waals surface area contributed by atoms with Crippen LogP contribution in [0.5, 0.6) is 0 Å². The zero-order valence-corrected chi connectivity index (χ0v) is 2.82. The fourth-order valence-corrected chi connectivity index (χ4v) is 0. The Morgan fingerprint density at radius 3 is 3.17 bits per heavy atom. The van der Waals surface area contributed by atoms with Crippen molar-refractivity contribution in [1.29, 1.82) is 1.43 Å². The molecule has 0 aliphatic carbocycles. The molecule has 0 saturated carbocycles. The van der Waals surface area contributed by atoms with Crippen LogP contribution in [0.1, 0.15) is 23.3 Å². The second-order valence-corrected chi connectivity index (χ2v) is 0.662. The van der Waals surface area contributed by atoms with E-state index in [-0.39, 0.29) is 0 Å². The van der Waals surface area contributed by atoms with Gasteiger partial charge in [0.1, 0.15) is 0 Å². The molecule has 0 aliphatic heterocycles. The molecular formula is C4H8O2. The highest BCUT2D eigenvalue weighted by Crippen LogP contribution is 1.87. The Kier molecular flexibility index (Phi) is 0.211. The Bertz CT molecular complexity index is 212. The van der Waals surface area contributed by atoms with E-state index in [1.807, 2.05) is 0 Å². The van der Waals surface area contributed by atoms with Crippen molar-refractivity contribution >= 4 is 5.97 Å². The lowest BCUT2D eigenvalue weighted by Crippen LogP contribution is -2.03. The lowest BCUT2D eigenvalue weighted by atomic mass is 10.2. The van der Waals surface area contributed by atoms with Crippen LogP contribution in [0.4, 0.5) is 0 Å². The fourth-order valence-electron chi connectivity index (χ4n) is 0. The Morgan fingerprint density at radius 1 is 2.33 bits per heavy atom. The van der Waals surface area contributed by atoms with Crippen LogP contribution in [0.15, 0.2) is 0 Å². The molecule has 0 amide bonds. The molecule has 6 heavy (non-hydrogen) atoms. The summed E-state index contributed by atoms with van der Waals surface area (Å²) in [7, 11) is 0. The van der Waals surface area contributed by atoms with E-state index >= 15 is 0 Å². The molecule has 0 atom stereocenters. The average molecular weight is 96.2 g/mol. The van der Waals surface area contributed by atoms with Gasteiger partial charge in [-0.2, -0.15) is 0 Å². The lowest BCUT2D eigenvalue weighted by Gasteiger charge is -1.89. The first-order valence-corrected chi connectivity index (χ1v) is 1.16. The summed E-state index contributed by atoms with van der Waals surface area (Å²) in [5.41, 5.74) is 0. The molecule has 0 aromatic heterocycles. The number of carboxylic acid groups (broad SMARTS) is 1. The Labute approximate surface area is 48.1 Å². The van der Waals surface area contributed by atoms with Crippen LogP contribution >= 0.6 is 0 Å². The SMILES string of the molecule is [2H]OC(=O)C([2H])(C([2H])([2H])[2H])C([2H])([2H])[2H]. The number of rotatable bonds is 1. The third kappa shape index (κ3) is 1.76. The standard InChI is InChI=1S/C4H8O2/c1-3(2)4(5)6/h3H,1-2H3,(H,5,6)/i1D3,2D3,3D/hD. The van der Waals surface area contributed by atoms with Crippen molar-refractivity contribution in [2.75, 3.05) is 0 Å². The minimum absolute atomic E-state index is 1.92. The van der Waals surface area contributed by atoms with Gasteiger partial charge in [0.15, 0.2) is 0 Å². The van der Waals surface area contributed by atoms with E-state index in [9.17, 15) is 4.79 Å². The van der Waals surface area contributed by atoms with E-state index in [1.165, 1.54) is 0 Å². The topological polar surface area (TPSA) is 37.3 Å². The summed E-state index contributed by atoms with van der Waals surface area (Å²) in [6, 6.07) is 0. The number of carbonyl (C=O) groups is 1. The first-order chi connectivity index (χ1) is 5.98. The van der Waals surface area contributed by atoms with Gasteiger partial charge in [0, 0.05) is 9.60 Å². The monoisotopic (exact) mass is 96.1 g/mol. The molecule has 0 fully saturated rings. The van der Waals surface area contributed by atoms with Gasteiger partial charge in [0.2, 0.25) is 0 Å². The molecule has 0 heterocycles. The van der Waals surface area contributed by atoms with E-state index in [0.717, 1.165) is 0 Å². The maximum atomic E-state index is 10.8. The molecule has 0 saturated heterocycles. The number of aliphatic carboxylic acids is 1. The fraction of sp³-hybridized carbons (Fsp3) is 0.750. The van der Waals surface area contributed by atoms with Gasteiger partial charge in [-0.3, -0.25) is 4.79 Å². The van der Waals surface area contributed by atoms with Gasteiger partial charge >= 0.3 is 5.97 Å². The van der Waals surface area contributed by atoms with Crippen molar-refractivity contribution in [2.24, 2.45) is 5.89 Å². The van der Waals surface area contributed by atoms with Crippen LogP contribution in [-0.4, -0.2) is 11.1 Å². The van der Waals surface area contributed by atoms with Crippen LogP contribution in [0.25, 0.3) is 1.43 Å². The zero-order valence-electron chi connectivity index (χ0n) is 10.8. The highest BCUT2D eigenvalue weighted by atomic mass is 16.4. The van der Waals surface area contributed by atoms with Gasteiger partial charge in [-0.05, 0) is 0 Å². The average Bonchev–Trinajstić information content (AvgIpc) is 1.97. The summed E-state index contributed by atoms with van der Waals surface area (Å²) in [5.74, 6) is -5.33. The maximum Gasteiger partial charge on any atom is 0.305 e. The summed E-state index contributed by atoms with van der Waals surface area (Å²) >= 11 is 0. The third-order valence-electron chi connectivity index (χ3n) is 0.204. The molecule has 0 aromatic rings. The van der Waals surface area contributed by atoms with E-state index < -0.39 is 25.6 Å². The third-order valence-corrected chi connectivity index (χ3v) is 0.204. The molecule has 36 valence electrons. The van der Waals surface area contributed by atoms with Gasteiger partial charge in [0.05, 0.1) is 5.89 Å². The van der Waals surface area contributed by atoms with Crippen LogP contribution in [0.3, 0.4) is 0 Å². The quantitative estimate of drug-likeness (QED) is 0.522. The molecule has 0 rings (SSSR count). The maximum absolute atomic E-state index is 10.8. The highest BCUT2D eigenvalue weighted by molar-refractivity contribution is 5.68. The molecule has 0 unspecified atom stereocenters. The van der Waals surface area contributed by atoms with Gasteiger partial charge in [0.25, 0.3) is 1.43 Å². The van der Waals surface area contributed by atoms with Crippen molar-refractivity contribution < 1.29 is 19.5 Å². The minimum atomic E-state index is -3.41. The molecule has 2 heteroatoms. The summed E-state index contributed by atoms with van der Waals surface area (Å²) in [6.45, 7) is -6.76. The Morgan fingerprint density at radius 2 is 3.00 bits per heavy atom. The summed E-state index contributed by atoms with van der Waals surface area (Å²) in [5, 5.41) is 3.27. The second-order valence-electron chi connectivity index (χ2n) is 0.662. The van der Waals surface area contributed by atoms with Gasteiger partial charge in [-0.1, -0.05) is 13.7 Å². The van der Waals surface area contributed by atoms with E-state index in [1.54, 1.807) is 0 Å². The predicted octanol–water partition coefficient (Wildman–Crippen LogP) is 0.727. The van der Waals surface area contributed by atoms with Crippen LogP contribution in [-0.2, 0) is 4.79 Å². The first-order valence-electron chi connectivity index (χ1n) is 5.07. The molecule has 0 aromatic carbocycles. The van der Waals surface area contributed by atoms with Crippen molar-refractivity contribution in [1.82, 2.24) is 0 Å². The van der Waals surface area contributed by atoms with Gasteiger partial charge in [-0.25, -0.2) is 0 Å². The lowest BCUT2D eigenvalue weighted by molar-refractivity contribution is -0.140. The Balaban J connectivity index is 5.40. The van der Waals surface area contributed by atoms with E-state index in [4.69, 9.17) is 11.0 Å². The normalized spacial score (nSPS) is 34.0. The summed E-state index contributed by atoms with van der Waals surface area (Å²) in [6.07, 6.45) is 0. The highest BCUT2D eigenvalue weighted by Gasteiger charge is 1.99. The number of hydrogen-bond acceptors (Lipinski definition) is 2. The molecule has 0 bridgehead atoms. The molecule has 2 nitrogen and oxygen atoms in total. The van der Waals surface area contributed by atoms with Gasteiger partial charge < -0.3 is 5.11 Å². The van der Waals surface area contributed by atoms with Crippen molar-refractivity contribution in [3.8, 4) is 0 Å². The van der Waals surface area contributed by atoms with Crippen molar-refractivity contribution in [3.05, 3.63) is 0 Å². The van der Waals surface area contributed by atoms with E-state index in [2.05, 4.69) is 5.11 Å². The smallest absolute Gasteiger partial charge is 0.305 e. The molecule has 1 N–H and O–H groups in total. The number of hydrogen-bond donors (Lipinski definition) is 1. The van der Waals surface area contributed by atoms with Crippen molar-refractivity contribution in [2.45, 2.75) is 13.7 Å². The largest absolute Gasteiger partial charge is 0.481 e. The zero-order chi connectivity index (χ0) is 11.8. The molecule has 0 spiro atoms. The molecule has 0 aliphatic rings. The number of carboxylic acids is 1. The molecular weight excluding hydrogens is 80.0 g/mol.